The third-order valence-corrected chi connectivity index (χ3v) is 5.15. The highest BCUT2D eigenvalue weighted by Crippen LogP contribution is 2.11. The molecule has 5 nitrogen and oxygen atoms in total. The van der Waals surface area contributed by atoms with Crippen molar-refractivity contribution in [1.82, 2.24) is 5.32 Å². The summed E-state index contributed by atoms with van der Waals surface area (Å²) in [6, 6.07) is 8.75. The van der Waals surface area contributed by atoms with Crippen LogP contribution in [0.25, 0.3) is 0 Å². The monoisotopic (exact) mass is 419 g/mol. The Kier molecular flexibility index (Phi) is 14.5. The average molecular weight is 420 g/mol. The maximum Gasteiger partial charge on any atom is 0.408 e. The van der Waals surface area contributed by atoms with Crippen molar-refractivity contribution in [2.24, 2.45) is 5.92 Å². The summed E-state index contributed by atoms with van der Waals surface area (Å²) in [7, 11) is 0. The number of benzene rings is 1. The van der Waals surface area contributed by atoms with E-state index in [2.05, 4.69) is 12.2 Å². The summed E-state index contributed by atoms with van der Waals surface area (Å²) >= 11 is 0. The molecular weight excluding hydrogens is 378 g/mol. The van der Waals surface area contributed by atoms with Gasteiger partial charge in [-0.15, -0.1) is 0 Å². The zero-order chi connectivity index (χ0) is 22.0. The molecule has 1 atom stereocenters. The predicted octanol–water partition coefficient (Wildman–Crippen LogP) is 6.40. The van der Waals surface area contributed by atoms with E-state index in [0.717, 1.165) is 18.4 Å². The van der Waals surface area contributed by atoms with Crippen LogP contribution in [0.1, 0.15) is 90.5 Å². The Morgan fingerprint density at radius 2 is 1.40 bits per heavy atom. The van der Waals surface area contributed by atoms with Gasteiger partial charge in [0.15, 0.2) is 0 Å². The SMILES string of the molecule is CCCCCCCCCCCCOC(=O)C(NC(=O)OCc1ccccc1)C(C)C. The second kappa shape index (κ2) is 16.7. The van der Waals surface area contributed by atoms with Crippen LogP contribution in [0.5, 0.6) is 0 Å². The molecule has 170 valence electrons. The molecule has 1 aromatic carbocycles. The third kappa shape index (κ3) is 12.5. The van der Waals surface area contributed by atoms with Crippen molar-refractivity contribution in [3.63, 3.8) is 0 Å². The molecule has 1 aromatic rings. The Bertz CT molecular complexity index is 574. The van der Waals surface area contributed by atoms with Crippen LogP contribution < -0.4 is 5.32 Å². The molecule has 0 aliphatic carbocycles. The van der Waals surface area contributed by atoms with Crippen molar-refractivity contribution in [1.29, 1.82) is 0 Å². The summed E-state index contributed by atoms with van der Waals surface area (Å²) in [6.45, 7) is 6.57. The molecule has 0 saturated carbocycles. The van der Waals surface area contributed by atoms with Crippen LogP contribution in [0.2, 0.25) is 0 Å². The molecule has 0 aliphatic rings. The fourth-order valence-corrected chi connectivity index (χ4v) is 3.24. The fourth-order valence-electron chi connectivity index (χ4n) is 3.24. The number of ether oxygens (including phenoxy) is 2. The van der Waals surface area contributed by atoms with Crippen molar-refractivity contribution in [3.8, 4) is 0 Å². The molecule has 1 amide bonds. The predicted molar refractivity (Wildman–Crippen MR) is 121 cm³/mol. The molecule has 0 fully saturated rings. The third-order valence-electron chi connectivity index (χ3n) is 5.15. The van der Waals surface area contributed by atoms with E-state index >= 15 is 0 Å². The van der Waals surface area contributed by atoms with Crippen LogP contribution in [-0.4, -0.2) is 24.7 Å². The van der Waals surface area contributed by atoms with Crippen LogP contribution >= 0.6 is 0 Å². The molecule has 5 heteroatoms. The summed E-state index contributed by atoms with van der Waals surface area (Å²) in [4.78, 5) is 24.4. The Balaban J connectivity index is 2.15. The normalized spacial score (nSPS) is 11.9. The van der Waals surface area contributed by atoms with Crippen LogP contribution in [0.15, 0.2) is 30.3 Å². The first kappa shape index (κ1) is 26.0. The van der Waals surface area contributed by atoms with Gasteiger partial charge >= 0.3 is 12.1 Å². The lowest BCUT2D eigenvalue weighted by Gasteiger charge is -2.20. The Labute approximate surface area is 182 Å². The minimum atomic E-state index is -0.698. The van der Waals surface area contributed by atoms with Crippen molar-refractivity contribution < 1.29 is 19.1 Å². The van der Waals surface area contributed by atoms with E-state index < -0.39 is 18.1 Å². The number of rotatable bonds is 16. The number of alkyl carbamates (subject to hydrolysis) is 1. The molecule has 1 N–H and O–H groups in total. The van der Waals surface area contributed by atoms with Crippen molar-refractivity contribution in [3.05, 3.63) is 35.9 Å². The van der Waals surface area contributed by atoms with E-state index in [1.807, 2.05) is 44.2 Å². The number of amides is 1. The first-order valence-electron chi connectivity index (χ1n) is 11.7. The number of nitrogens with one attached hydrogen (secondary N) is 1. The fraction of sp³-hybridized carbons (Fsp3) is 0.680. The number of carbonyl (C=O) groups excluding carboxylic acids is 2. The summed E-state index contributed by atoms with van der Waals surface area (Å²) in [6.07, 6.45) is 11.8. The van der Waals surface area contributed by atoms with Gasteiger partial charge in [-0.1, -0.05) is 109 Å². The smallest absolute Gasteiger partial charge is 0.408 e. The van der Waals surface area contributed by atoms with Gasteiger partial charge in [0.2, 0.25) is 0 Å². The van der Waals surface area contributed by atoms with Gasteiger partial charge < -0.3 is 14.8 Å². The Hall–Kier alpha value is -2.04. The first-order valence-corrected chi connectivity index (χ1v) is 11.7. The van der Waals surface area contributed by atoms with E-state index in [4.69, 9.17) is 9.47 Å². The molecule has 0 bridgehead atoms. The van der Waals surface area contributed by atoms with Crippen LogP contribution in [0.3, 0.4) is 0 Å². The summed E-state index contributed by atoms with van der Waals surface area (Å²) in [5.41, 5.74) is 0.900. The lowest BCUT2D eigenvalue weighted by molar-refractivity contribution is -0.147. The lowest BCUT2D eigenvalue weighted by Crippen LogP contribution is -2.45. The molecule has 0 aliphatic heterocycles. The molecule has 0 aromatic heterocycles. The van der Waals surface area contributed by atoms with Crippen molar-refractivity contribution >= 4 is 12.1 Å². The topological polar surface area (TPSA) is 64.6 Å². The van der Waals surface area contributed by atoms with Gasteiger partial charge in [0.1, 0.15) is 12.6 Å². The maximum atomic E-state index is 12.4. The number of carbonyl (C=O) groups is 2. The van der Waals surface area contributed by atoms with E-state index in [1.165, 1.54) is 51.4 Å². The zero-order valence-electron chi connectivity index (χ0n) is 19.2. The molecular formula is C25H41NO4. The van der Waals surface area contributed by atoms with Gasteiger partial charge in [-0.25, -0.2) is 9.59 Å². The summed E-state index contributed by atoms with van der Waals surface area (Å²) in [5, 5.41) is 2.64. The molecule has 0 heterocycles. The largest absolute Gasteiger partial charge is 0.464 e. The van der Waals surface area contributed by atoms with Gasteiger partial charge in [-0.05, 0) is 17.9 Å². The van der Waals surface area contributed by atoms with Crippen molar-refractivity contribution in [2.75, 3.05) is 6.61 Å². The van der Waals surface area contributed by atoms with Crippen LogP contribution in [0, 0.1) is 5.92 Å². The quantitative estimate of drug-likeness (QED) is 0.249. The van der Waals surface area contributed by atoms with E-state index in [1.54, 1.807) is 0 Å². The van der Waals surface area contributed by atoms with Crippen LogP contribution in [-0.2, 0) is 20.9 Å². The zero-order valence-corrected chi connectivity index (χ0v) is 19.2. The standard InChI is InChI=1S/C25H41NO4/c1-4-5-6-7-8-9-10-11-12-16-19-29-24(27)23(21(2)3)26-25(28)30-20-22-17-14-13-15-18-22/h13-15,17-18,21,23H,4-12,16,19-20H2,1-3H3,(H,26,28). The number of unbranched alkanes of at least 4 members (excludes halogenated alkanes) is 9. The molecule has 30 heavy (non-hydrogen) atoms. The maximum absolute atomic E-state index is 12.4. The molecule has 1 unspecified atom stereocenters. The molecule has 0 radical (unpaired) electrons. The second-order valence-electron chi connectivity index (χ2n) is 8.28. The van der Waals surface area contributed by atoms with E-state index in [-0.39, 0.29) is 12.5 Å². The van der Waals surface area contributed by atoms with E-state index in [9.17, 15) is 9.59 Å². The van der Waals surface area contributed by atoms with E-state index in [0.29, 0.717) is 6.61 Å². The number of hydrogen-bond acceptors (Lipinski definition) is 4. The van der Waals surface area contributed by atoms with Gasteiger partial charge in [-0.2, -0.15) is 0 Å². The molecule has 0 spiro atoms. The molecule has 1 rings (SSSR count). The highest BCUT2D eigenvalue weighted by Gasteiger charge is 2.26. The second-order valence-corrected chi connectivity index (χ2v) is 8.28. The van der Waals surface area contributed by atoms with Gasteiger partial charge in [0, 0.05) is 0 Å². The van der Waals surface area contributed by atoms with Gasteiger partial charge in [0.05, 0.1) is 6.61 Å². The highest BCUT2D eigenvalue weighted by molar-refractivity contribution is 5.81. The number of hydrogen-bond donors (Lipinski definition) is 1. The van der Waals surface area contributed by atoms with Crippen molar-refractivity contribution in [2.45, 2.75) is 97.6 Å². The minimum absolute atomic E-state index is 0.0746. The Morgan fingerprint density at radius 3 is 1.97 bits per heavy atom. The average Bonchev–Trinajstić information content (AvgIpc) is 2.74. The first-order chi connectivity index (χ1) is 14.5. The Morgan fingerprint density at radius 1 is 0.833 bits per heavy atom. The minimum Gasteiger partial charge on any atom is -0.464 e. The highest BCUT2D eigenvalue weighted by atomic mass is 16.6. The van der Waals surface area contributed by atoms with Gasteiger partial charge in [-0.3, -0.25) is 0 Å². The molecule has 0 saturated heterocycles. The van der Waals surface area contributed by atoms with Gasteiger partial charge in [0.25, 0.3) is 0 Å². The number of esters is 1. The summed E-state index contributed by atoms with van der Waals surface area (Å²) in [5.74, 6) is -0.466. The van der Waals surface area contributed by atoms with Crippen LogP contribution in [0.4, 0.5) is 4.79 Å². The summed E-state index contributed by atoms with van der Waals surface area (Å²) < 4.78 is 10.6. The lowest BCUT2D eigenvalue weighted by atomic mass is 10.1.